The minimum Gasteiger partial charge on any atom is -0.309 e. The minimum atomic E-state index is -0.705. The van der Waals surface area contributed by atoms with Crippen molar-refractivity contribution < 1.29 is 8.78 Å². The molecule has 2 atom stereocenters. The molecule has 19 heavy (non-hydrogen) atoms. The van der Waals surface area contributed by atoms with E-state index < -0.39 is 11.6 Å². The Hall–Kier alpha value is -0.610. The zero-order valence-corrected chi connectivity index (χ0v) is 12.3. The van der Waals surface area contributed by atoms with Crippen LogP contribution in [0.1, 0.15) is 43.4 Å². The van der Waals surface area contributed by atoms with Gasteiger partial charge in [0.1, 0.15) is 0 Å². The van der Waals surface area contributed by atoms with Gasteiger partial charge >= 0.3 is 0 Å². The molecule has 0 saturated carbocycles. The van der Waals surface area contributed by atoms with Crippen molar-refractivity contribution in [3.8, 4) is 0 Å². The number of benzene rings is 1. The van der Waals surface area contributed by atoms with Crippen LogP contribution in [0, 0.1) is 18.6 Å². The van der Waals surface area contributed by atoms with Crippen LogP contribution in [0.3, 0.4) is 0 Å². The Bertz CT molecular complexity index is 430. The van der Waals surface area contributed by atoms with E-state index >= 15 is 0 Å². The van der Waals surface area contributed by atoms with Gasteiger partial charge in [0.25, 0.3) is 0 Å². The fourth-order valence-corrected chi connectivity index (χ4v) is 3.91. The molecule has 1 aliphatic rings. The lowest BCUT2D eigenvalue weighted by Gasteiger charge is -2.25. The van der Waals surface area contributed by atoms with Gasteiger partial charge in [-0.2, -0.15) is 11.8 Å². The number of hydrogen-bond donors (Lipinski definition) is 1. The highest BCUT2D eigenvalue weighted by Gasteiger charge is 2.29. The second kappa shape index (κ2) is 6.71. The lowest BCUT2D eigenvalue weighted by Crippen LogP contribution is -2.30. The normalized spacial score (nSPS) is 20.7. The van der Waals surface area contributed by atoms with Crippen LogP contribution < -0.4 is 5.32 Å². The molecule has 1 heterocycles. The molecule has 2 rings (SSSR count). The number of aryl methyl sites for hydroxylation is 1. The first-order chi connectivity index (χ1) is 9.15. The summed E-state index contributed by atoms with van der Waals surface area (Å²) >= 11 is 1.86. The standard InChI is InChI=1S/C15H21F2NS/c1-3-8-18-15(12-5-4-9-19-12)11-7-6-10(2)13(16)14(11)17/h6-7,12,15,18H,3-5,8-9H2,1-2H3. The van der Waals surface area contributed by atoms with Gasteiger partial charge in [-0.15, -0.1) is 0 Å². The maximum Gasteiger partial charge on any atom is 0.163 e. The van der Waals surface area contributed by atoms with Crippen molar-refractivity contribution in [1.29, 1.82) is 0 Å². The lowest BCUT2D eigenvalue weighted by molar-refractivity contribution is 0.446. The van der Waals surface area contributed by atoms with Gasteiger partial charge in [-0.25, -0.2) is 8.78 Å². The summed E-state index contributed by atoms with van der Waals surface area (Å²) in [4.78, 5) is 0. The zero-order valence-electron chi connectivity index (χ0n) is 11.5. The predicted octanol–water partition coefficient (Wildman–Crippen LogP) is 4.21. The van der Waals surface area contributed by atoms with Crippen LogP contribution >= 0.6 is 11.8 Å². The van der Waals surface area contributed by atoms with Crippen LogP contribution in [-0.4, -0.2) is 17.5 Å². The van der Waals surface area contributed by atoms with Gasteiger partial charge in [-0.1, -0.05) is 19.1 Å². The summed E-state index contributed by atoms with van der Waals surface area (Å²) in [6.07, 6.45) is 3.22. The largest absolute Gasteiger partial charge is 0.309 e. The topological polar surface area (TPSA) is 12.0 Å². The smallest absolute Gasteiger partial charge is 0.163 e. The molecule has 2 unspecified atom stereocenters. The molecule has 1 N–H and O–H groups in total. The lowest BCUT2D eigenvalue weighted by atomic mass is 9.98. The van der Waals surface area contributed by atoms with E-state index in [0.717, 1.165) is 31.6 Å². The SMILES string of the molecule is CCCNC(c1ccc(C)c(F)c1F)C1CCCS1. The molecular weight excluding hydrogens is 264 g/mol. The second-order valence-electron chi connectivity index (χ2n) is 5.08. The first-order valence-electron chi connectivity index (χ1n) is 6.94. The average Bonchev–Trinajstić information content (AvgIpc) is 2.92. The Balaban J connectivity index is 2.28. The minimum absolute atomic E-state index is 0.0810. The van der Waals surface area contributed by atoms with Gasteiger partial charge in [0, 0.05) is 16.9 Å². The fourth-order valence-electron chi connectivity index (χ4n) is 2.51. The van der Waals surface area contributed by atoms with E-state index in [1.165, 1.54) is 0 Å². The van der Waals surface area contributed by atoms with E-state index in [2.05, 4.69) is 12.2 Å². The molecule has 0 radical (unpaired) electrons. The summed E-state index contributed by atoms with van der Waals surface area (Å²) in [5, 5.41) is 3.74. The molecule has 0 aromatic heterocycles. The molecule has 0 aliphatic carbocycles. The molecule has 1 fully saturated rings. The monoisotopic (exact) mass is 285 g/mol. The Kier molecular flexibility index (Phi) is 5.22. The van der Waals surface area contributed by atoms with Crippen molar-refractivity contribution in [1.82, 2.24) is 5.32 Å². The van der Waals surface area contributed by atoms with Crippen molar-refractivity contribution in [2.45, 2.75) is 44.4 Å². The summed E-state index contributed by atoms with van der Waals surface area (Å²) in [7, 11) is 0. The first kappa shape index (κ1) is 14.8. The molecule has 1 aromatic carbocycles. The molecule has 4 heteroatoms. The molecule has 106 valence electrons. The fraction of sp³-hybridized carbons (Fsp3) is 0.600. The van der Waals surface area contributed by atoms with Crippen molar-refractivity contribution in [3.63, 3.8) is 0 Å². The molecule has 1 aliphatic heterocycles. The van der Waals surface area contributed by atoms with Crippen LogP contribution in [0.2, 0.25) is 0 Å². The predicted molar refractivity (Wildman–Crippen MR) is 77.6 cm³/mol. The second-order valence-corrected chi connectivity index (χ2v) is 6.43. The Morgan fingerprint density at radius 2 is 2.16 bits per heavy atom. The zero-order chi connectivity index (χ0) is 13.8. The highest BCUT2D eigenvalue weighted by Crippen LogP contribution is 2.37. The first-order valence-corrected chi connectivity index (χ1v) is 7.99. The van der Waals surface area contributed by atoms with Gasteiger partial charge in [-0.05, 0) is 44.0 Å². The molecule has 1 saturated heterocycles. The van der Waals surface area contributed by atoms with Crippen LogP contribution in [0.15, 0.2) is 12.1 Å². The van der Waals surface area contributed by atoms with E-state index in [-0.39, 0.29) is 6.04 Å². The maximum atomic E-state index is 14.2. The Morgan fingerprint density at radius 1 is 1.37 bits per heavy atom. The summed E-state index contributed by atoms with van der Waals surface area (Å²) in [6, 6.07) is 3.33. The van der Waals surface area contributed by atoms with Gasteiger partial charge < -0.3 is 5.32 Å². The van der Waals surface area contributed by atoms with Gasteiger partial charge in [-0.3, -0.25) is 0 Å². The molecule has 0 bridgehead atoms. The van der Waals surface area contributed by atoms with Gasteiger partial charge in [0.15, 0.2) is 11.6 Å². The number of nitrogens with one attached hydrogen (secondary N) is 1. The third-order valence-electron chi connectivity index (χ3n) is 3.59. The van der Waals surface area contributed by atoms with Gasteiger partial charge in [0.2, 0.25) is 0 Å². The van der Waals surface area contributed by atoms with Crippen molar-refractivity contribution in [2.24, 2.45) is 0 Å². The number of thioether (sulfide) groups is 1. The summed E-state index contributed by atoms with van der Waals surface area (Å²) < 4.78 is 27.9. The number of halogens is 2. The van der Waals surface area contributed by atoms with E-state index in [4.69, 9.17) is 0 Å². The highest BCUT2D eigenvalue weighted by atomic mass is 32.2. The highest BCUT2D eigenvalue weighted by molar-refractivity contribution is 8.00. The van der Waals surface area contributed by atoms with Crippen molar-refractivity contribution in [2.75, 3.05) is 12.3 Å². The number of rotatable bonds is 5. The molecule has 1 nitrogen and oxygen atoms in total. The number of hydrogen-bond acceptors (Lipinski definition) is 2. The summed E-state index contributed by atoms with van der Waals surface area (Å²) in [5.74, 6) is -0.268. The Morgan fingerprint density at radius 3 is 2.79 bits per heavy atom. The van der Waals surface area contributed by atoms with Crippen LogP contribution in [0.4, 0.5) is 8.78 Å². The third-order valence-corrected chi connectivity index (χ3v) is 5.05. The average molecular weight is 285 g/mol. The summed E-state index contributed by atoms with van der Waals surface area (Å²) in [6.45, 7) is 4.51. The van der Waals surface area contributed by atoms with E-state index in [0.29, 0.717) is 16.4 Å². The molecule has 1 aromatic rings. The van der Waals surface area contributed by atoms with E-state index in [9.17, 15) is 8.78 Å². The van der Waals surface area contributed by atoms with Crippen LogP contribution in [0.25, 0.3) is 0 Å². The van der Waals surface area contributed by atoms with E-state index in [1.54, 1.807) is 19.1 Å². The Labute approximate surface area is 118 Å². The maximum absolute atomic E-state index is 14.2. The molecule has 0 spiro atoms. The quantitative estimate of drug-likeness (QED) is 0.869. The van der Waals surface area contributed by atoms with Gasteiger partial charge in [0.05, 0.1) is 0 Å². The summed E-state index contributed by atoms with van der Waals surface area (Å²) in [5.41, 5.74) is 0.852. The van der Waals surface area contributed by atoms with Crippen molar-refractivity contribution >= 4 is 11.8 Å². The van der Waals surface area contributed by atoms with Crippen LogP contribution in [-0.2, 0) is 0 Å². The van der Waals surface area contributed by atoms with E-state index in [1.807, 2.05) is 11.8 Å². The molecular formula is C15H21F2NS. The third kappa shape index (κ3) is 3.29. The van der Waals surface area contributed by atoms with Crippen LogP contribution in [0.5, 0.6) is 0 Å². The molecule has 0 amide bonds. The van der Waals surface area contributed by atoms with Crippen molar-refractivity contribution in [3.05, 3.63) is 34.9 Å².